The minimum atomic E-state index is -0.764. The Morgan fingerprint density at radius 1 is 1.53 bits per heavy atom. The summed E-state index contributed by atoms with van der Waals surface area (Å²) in [6, 6.07) is 1.14. The molecule has 0 fully saturated rings. The fourth-order valence-corrected chi connectivity index (χ4v) is 1.42. The van der Waals surface area contributed by atoms with E-state index in [-0.39, 0.29) is 22.7 Å². The van der Waals surface area contributed by atoms with E-state index in [1.54, 1.807) is 0 Å². The highest BCUT2D eigenvalue weighted by molar-refractivity contribution is 6.29. The van der Waals surface area contributed by atoms with Crippen LogP contribution in [0.5, 0.6) is 0 Å². The summed E-state index contributed by atoms with van der Waals surface area (Å²) in [4.78, 5) is 25.5. The number of carbonyl (C=O) groups is 1. The van der Waals surface area contributed by atoms with Gasteiger partial charge in [0.1, 0.15) is 16.9 Å². The summed E-state index contributed by atoms with van der Waals surface area (Å²) in [6.45, 7) is 6.21. The summed E-state index contributed by atoms with van der Waals surface area (Å²) in [6.07, 6.45) is 1.61. The van der Waals surface area contributed by atoms with Crippen LogP contribution in [0.15, 0.2) is 12.3 Å². The van der Waals surface area contributed by atoms with E-state index < -0.39 is 16.6 Å². The third-order valence-electron chi connectivity index (χ3n) is 2.35. The topological polar surface area (TPSA) is 82.3 Å². The number of hydrogen-bond donors (Lipinski definition) is 0. The third kappa shape index (κ3) is 4.82. The van der Waals surface area contributed by atoms with E-state index >= 15 is 0 Å². The van der Waals surface area contributed by atoms with E-state index in [2.05, 4.69) is 4.98 Å². The quantitative estimate of drug-likeness (QED) is 0.367. The Hall–Kier alpha value is -1.69. The fourth-order valence-electron chi connectivity index (χ4n) is 1.26. The van der Waals surface area contributed by atoms with Crippen LogP contribution in [-0.2, 0) is 4.74 Å². The monoisotopic (exact) mass is 286 g/mol. The Labute approximate surface area is 115 Å². The Morgan fingerprint density at radius 2 is 2.16 bits per heavy atom. The highest BCUT2D eigenvalue weighted by Crippen LogP contribution is 2.22. The number of carbonyl (C=O) groups excluding carboxylic acids is 1. The van der Waals surface area contributed by atoms with Gasteiger partial charge in [0.15, 0.2) is 0 Å². The second-order valence-electron chi connectivity index (χ2n) is 5.23. The molecule has 19 heavy (non-hydrogen) atoms. The molecule has 7 heteroatoms. The van der Waals surface area contributed by atoms with Gasteiger partial charge in [0.25, 0.3) is 0 Å². The predicted octanol–water partition coefficient (Wildman–Crippen LogP) is 3.24. The zero-order valence-electron chi connectivity index (χ0n) is 11.0. The first kappa shape index (κ1) is 15.4. The van der Waals surface area contributed by atoms with Crippen molar-refractivity contribution in [1.29, 1.82) is 0 Å². The van der Waals surface area contributed by atoms with Crippen molar-refractivity contribution in [3.8, 4) is 0 Å². The van der Waals surface area contributed by atoms with E-state index in [1.807, 2.05) is 20.8 Å². The molecular formula is C12H15ClN2O4. The largest absolute Gasteiger partial charge is 0.462 e. The first-order chi connectivity index (χ1) is 8.70. The highest BCUT2D eigenvalue weighted by atomic mass is 35.5. The summed E-state index contributed by atoms with van der Waals surface area (Å²) < 4.78 is 5.02. The molecule has 0 aliphatic heterocycles. The summed E-state index contributed by atoms with van der Waals surface area (Å²) in [7, 11) is 0. The summed E-state index contributed by atoms with van der Waals surface area (Å²) in [5.41, 5.74) is -0.577. The van der Waals surface area contributed by atoms with Crippen LogP contribution >= 0.6 is 11.6 Å². The minimum absolute atomic E-state index is 0.00775. The van der Waals surface area contributed by atoms with Crippen LogP contribution in [0.4, 0.5) is 5.69 Å². The molecule has 0 unspecified atom stereocenters. The van der Waals surface area contributed by atoms with Gasteiger partial charge in [-0.1, -0.05) is 32.4 Å². The molecule has 0 bridgehead atoms. The maximum atomic E-state index is 11.8. The van der Waals surface area contributed by atoms with Gasteiger partial charge in [-0.25, -0.2) is 9.78 Å². The summed E-state index contributed by atoms with van der Waals surface area (Å²) in [5.74, 6) is -0.764. The van der Waals surface area contributed by atoms with E-state index in [0.717, 1.165) is 12.3 Å². The standard InChI is InChI=1S/C12H15ClN2O4/c1-12(2,3)4-5-19-11(16)8-6-10(13)14-7-9(8)15(17)18/h6-7H,4-5H2,1-3H3. The second-order valence-corrected chi connectivity index (χ2v) is 5.62. The van der Waals surface area contributed by atoms with Gasteiger partial charge in [-0.05, 0) is 17.9 Å². The predicted molar refractivity (Wildman–Crippen MR) is 70.3 cm³/mol. The van der Waals surface area contributed by atoms with Crippen LogP contribution in [0.25, 0.3) is 0 Å². The second kappa shape index (κ2) is 5.97. The van der Waals surface area contributed by atoms with Gasteiger partial charge in [0.05, 0.1) is 11.5 Å². The van der Waals surface area contributed by atoms with Gasteiger partial charge in [-0.3, -0.25) is 10.1 Å². The van der Waals surface area contributed by atoms with E-state index in [1.165, 1.54) is 0 Å². The normalized spacial score (nSPS) is 11.2. The zero-order valence-corrected chi connectivity index (χ0v) is 11.7. The number of nitro groups is 1. The first-order valence-corrected chi connectivity index (χ1v) is 6.05. The number of pyridine rings is 1. The molecule has 0 aliphatic carbocycles. The molecule has 0 saturated heterocycles. The molecule has 0 atom stereocenters. The number of hydrogen-bond acceptors (Lipinski definition) is 5. The summed E-state index contributed by atoms with van der Waals surface area (Å²) >= 11 is 5.63. The maximum Gasteiger partial charge on any atom is 0.345 e. The average molecular weight is 287 g/mol. The van der Waals surface area contributed by atoms with Crippen LogP contribution in [-0.4, -0.2) is 22.5 Å². The van der Waals surface area contributed by atoms with Gasteiger partial charge >= 0.3 is 11.7 Å². The van der Waals surface area contributed by atoms with Crippen molar-refractivity contribution in [2.75, 3.05) is 6.61 Å². The maximum absolute atomic E-state index is 11.8. The van der Waals surface area contributed by atoms with E-state index in [0.29, 0.717) is 6.42 Å². The molecule has 0 spiro atoms. The van der Waals surface area contributed by atoms with Crippen molar-refractivity contribution in [3.63, 3.8) is 0 Å². The molecule has 0 aliphatic rings. The zero-order chi connectivity index (χ0) is 14.6. The lowest BCUT2D eigenvalue weighted by atomic mass is 9.93. The van der Waals surface area contributed by atoms with Gasteiger partial charge < -0.3 is 4.74 Å². The lowest BCUT2D eigenvalue weighted by Gasteiger charge is -2.17. The van der Waals surface area contributed by atoms with E-state index in [9.17, 15) is 14.9 Å². The smallest absolute Gasteiger partial charge is 0.345 e. The van der Waals surface area contributed by atoms with Gasteiger partial charge in [0, 0.05) is 0 Å². The highest BCUT2D eigenvalue weighted by Gasteiger charge is 2.23. The van der Waals surface area contributed by atoms with Crippen molar-refractivity contribution in [2.45, 2.75) is 27.2 Å². The molecule has 1 aromatic heterocycles. The molecule has 1 rings (SSSR count). The van der Waals surface area contributed by atoms with Crippen LogP contribution in [0.1, 0.15) is 37.6 Å². The Bertz CT molecular complexity index is 497. The van der Waals surface area contributed by atoms with Crippen molar-refractivity contribution in [1.82, 2.24) is 4.98 Å². The molecule has 0 saturated carbocycles. The van der Waals surface area contributed by atoms with Crippen molar-refractivity contribution < 1.29 is 14.5 Å². The molecule has 1 heterocycles. The van der Waals surface area contributed by atoms with Gasteiger partial charge in [0.2, 0.25) is 0 Å². The summed E-state index contributed by atoms with van der Waals surface area (Å²) in [5, 5.41) is 10.8. The van der Waals surface area contributed by atoms with Crippen molar-refractivity contribution in [3.05, 3.63) is 33.1 Å². The lowest BCUT2D eigenvalue weighted by molar-refractivity contribution is -0.385. The fraction of sp³-hybridized carbons (Fsp3) is 0.500. The number of nitrogens with zero attached hydrogens (tertiary/aromatic N) is 2. The van der Waals surface area contributed by atoms with Crippen LogP contribution in [0, 0.1) is 15.5 Å². The van der Waals surface area contributed by atoms with Crippen molar-refractivity contribution in [2.24, 2.45) is 5.41 Å². The SMILES string of the molecule is CC(C)(C)CCOC(=O)c1cc(Cl)ncc1[N+](=O)[O-]. The van der Waals surface area contributed by atoms with Crippen LogP contribution < -0.4 is 0 Å². The molecule has 0 amide bonds. The first-order valence-electron chi connectivity index (χ1n) is 5.68. The molecule has 0 radical (unpaired) electrons. The third-order valence-corrected chi connectivity index (χ3v) is 2.56. The Morgan fingerprint density at radius 3 is 2.68 bits per heavy atom. The van der Waals surface area contributed by atoms with Gasteiger partial charge in [-0.15, -0.1) is 0 Å². The Kier molecular flexibility index (Phi) is 4.83. The Balaban J connectivity index is 2.81. The number of esters is 1. The van der Waals surface area contributed by atoms with E-state index in [4.69, 9.17) is 16.3 Å². The molecular weight excluding hydrogens is 272 g/mol. The van der Waals surface area contributed by atoms with Crippen molar-refractivity contribution >= 4 is 23.3 Å². The number of rotatable bonds is 4. The number of aromatic nitrogens is 1. The molecule has 0 aromatic carbocycles. The van der Waals surface area contributed by atoms with Gasteiger partial charge in [-0.2, -0.15) is 0 Å². The minimum Gasteiger partial charge on any atom is -0.462 e. The average Bonchev–Trinajstić information content (AvgIpc) is 2.26. The molecule has 0 N–H and O–H groups in total. The molecule has 1 aromatic rings. The van der Waals surface area contributed by atoms with Crippen LogP contribution in [0.2, 0.25) is 5.15 Å². The lowest BCUT2D eigenvalue weighted by Crippen LogP contribution is -2.14. The van der Waals surface area contributed by atoms with Crippen LogP contribution in [0.3, 0.4) is 0 Å². The number of halogens is 1. The number of ether oxygens (including phenoxy) is 1. The molecule has 104 valence electrons. The molecule has 6 nitrogen and oxygen atoms in total.